The number of halogens is 2. The van der Waals surface area contributed by atoms with Gasteiger partial charge >= 0.3 is 0 Å². The Kier molecular flexibility index (Phi) is 11.6. The Balaban J connectivity index is 0.00000160. The minimum atomic E-state index is -4.15. The predicted octanol–water partition coefficient (Wildman–Crippen LogP) is 10.5. The number of hydrogen-bond donors (Lipinski definition) is 0. The zero-order chi connectivity index (χ0) is 40.5. The minimum Gasteiger partial charge on any atom is -0.497 e. The Morgan fingerprint density at radius 3 is 1.12 bits per heavy atom. The van der Waals surface area contributed by atoms with E-state index in [4.69, 9.17) is 32.7 Å². The van der Waals surface area contributed by atoms with Crippen molar-refractivity contribution in [2.75, 3.05) is 28.2 Å². The van der Waals surface area contributed by atoms with Crippen LogP contribution in [-0.2, 0) is 20.0 Å². The van der Waals surface area contributed by atoms with E-state index in [0.29, 0.717) is 22.9 Å². The first-order valence-corrected chi connectivity index (χ1v) is 22.2. The number of hydrogen-bond acceptors (Lipinski definition) is 6. The quantitative estimate of drug-likeness (QED) is 0.135. The molecule has 0 spiro atoms. The van der Waals surface area contributed by atoms with E-state index in [2.05, 4.69) is 0 Å². The van der Waals surface area contributed by atoms with Gasteiger partial charge in [-0.1, -0.05) is 96.1 Å². The molecule has 57 heavy (non-hydrogen) atoms. The summed E-state index contributed by atoms with van der Waals surface area (Å²) in [5, 5.41) is 0.194. The van der Waals surface area contributed by atoms with E-state index in [1.165, 1.54) is 0 Å². The summed E-state index contributed by atoms with van der Waals surface area (Å²) in [6.45, 7) is 3.84. The first-order valence-electron chi connectivity index (χ1n) is 18.3. The highest BCUT2D eigenvalue weighted by atomic mass is 35.5. The Bertz CT molecular complexity index is 2390. The maximum atomic E-state index is 15.1. The lowest BCUT2D eigenvalue weighted by atomic mass is 9.73. The van der Waals surface area contributed by atoms with Gasteiger partial charge in [0.2, 0.25) is 0 Å². The molecule has 4 atom stereocenters. The number of ether oxygens (including phenoxy) is 2. The van der Waals surface area contributed by atoms with Gasteiger partial charge in [-0.05, 0) is 96.8 Å². The van der Waals surface area contributed by atoms with Crippen molar-refractivity contribution >= 4 is 54.6 Å². The van der Waals surface area contributed by atoms with Gasteiger partial charge in [-0.3, -0.25) is 8.61 Å². The molecule has 2 aliphatic rings. The van der Waals surface area contributed by atoms with Crippen molar-refractivity contribution in [1.82, 2.24) is 0 Å². The highest BCUT2D eigenvalue weighted by Gasteiger charge is 2.56. The van der Waals surface area contributed by atoms with Crippen LogP contribution in [-0.4, -0.2) is 36.4 Å². The van der Waals surface area contributed by atoms with E-state index in [-0.39, 0.29) is 15.1 Å². The zero-order valence-corrected chi connectivity index (χ0v) is 34.9. The van der Waals surface area contributed by atoms with Crippen LogP contribution >= 0.6 is 23.2 Å². The van der Waals surface area contributed by atoms with E-state index in [9.17, 15) is 0 Å². The van der Waals surface area contributed by atoms with Crippen LogP contribution in [0, 0.1) is 13.8 Å². The molecule has 2 aliphatic heterocycles. The van der Waals surface area contributed by atoms with Crippen LogP contribution in [0.2, 0.25) is 0 Å². The first kappa shape index (κ1) is 40.2. The maximum Gasteiger partial charge on any atom is 0.264 e. The van der Waals surface area contributed by atoms with Crippen molar-refractivity contribution in [3.8, 4) is 11.5 Å². The molecule has 0 radical (unpaired) electrons. The predicted molar refractivity (Wildman–Crippen MR) is 228 cm³/mol. The van der Waals surface area contributed by atoms with Gasteiger partial charge < -0.3 is 9.47 Å². The second-order valence-electron chi connectivity index (χ2n) is 13.9. The molecule has 12 heteroatoms. The van der Waals surface area contributed by atoms with Crippen LogP contribution in [0.4, 0.5) is 11.4 Å². The summed E-state index contributed by atoms with van der Waals surface area (Å²) in [5.41, 5.74) is 6.10. The minimum absolute atomic E-state index is 0.171. The fourth-order valence-electron chi connectivity index (χ4n) is 8.14. The SMILES string of the molecule is COc1ccc([C@H]2[C@H]([C@@H]3c4ccccc4N(S(=O)(=O)c4ccc(C)cc4)[C@H]3c3ccc(OC)cc3)c3ccccc3N2S(=O)(=O)c2ccc(C)cc2)cc1.ClCCl. The number of alkyl halides is 2. The molecule has 8 rings (SSSR count). The van der Waals surface area contributed by atoms with Crippen molar-refractivity contribution in [2.24, 2.45) is 0 Å². The zero-order valence-electron chi connectivity index (χ0n) is 31.8. The first-order chi connectivity index (χ1) is 27.5. The number of para-hydroxylation sites is 2. The van der Waals surface area contributed by atoms with Crippen LogP contribution in [0.3, 0.4) is 0 Å². The molecule has 6 aromatic rings. The average Bonchev–Trinajstić information content (AvgIpc) is 3.75. The van der Waals surface area contributed by atoms with Gasteiger partial charge in [0, 0.05) is 11.8 Å². The fraction of sp³-hybridized carbons (Fsp3) is 0.200. The number of sulfonamides is 2. The summed E-state index contributed by atoms with van der Waals surface area (Å²) < 4.78 is 74.4. The van der Waals surface area contributed by atoms with Crippen LogP contribution in [0.5, 0.6) is 11.5 Å². The molecule has 294 valence electrons. The molecule has 0 saturated heterocycles. The van der Waals surface area contributed by atoms with Gasteiger partial charge in [-0.15, -0.1) is 23.2 Å². The van der Waals surface area contributed by atoms with Crippen molar-refractivity contribution in [1.29, 1.82) is 0 Å². The molecule has 0 unspecified atom stereocenters. The lowest BCUT2D eigenvalue weighted by Crippen LogP contribution is -2.37. The molecule has 0 bridgehead atoms. The van der Waals surface area contributed by atoms with Crippen LogP contribution in [0.1, 0.15) is 57.3 Å². The molecule has 6 aromatic carbocycles. The summed E-state index contributed by atoms with van der Waals surface area (Å²) in [7, 11) is -5.11. The molecule has 0 fully saturated rings. The van der Waals surface area contributed by atoms with Gasteiger partial charge in [-0.2, -0.15) is 0 Å². The molecule has 0 amide bonds. The van der Waals surface area contributed by atoms with E-state index >= 15 is 16.8 Å². The normalized spacial score (nSPS) is 18.6. The fourth-order valence-corrected chi connectivity index (χ4v) is 11.5. The van der Waals surface area contributed by atoms with Gasteiger partial charge in [-0.25, -0.2) is 16.8 Å². The molecule has 0 saturated carbocycles. The molecule has 8 nitrogen and oxygen atoms in total. The third-order valence-corrected chi connectivity index (χ3v) is 14.3. The molecule has 0 N–H and O–H groups in total. The number of benzene rings is 6. The molecule has 0 aliphatic carbocycles. The number of anilines is 2. The van der Waals surface area contributed by atoms with Crippen molar-refractivity contribution < 1.29 is 26.3 Å². The van der Waals surface area contributed by atoms with E-state index in [1.807, 2.05) is 111 Å². The monoisotopic (exact) mass is 840 g/mol. The molecular formula is C45H42Cl2N2O6S2. The van der Waals surface area contributed by atoms with Gasteiger partial charge in [0.15, 0.2) is 0 Å². The van der Waals surface area contributed by atoms with Gasteiger partial charge in [0.05, 0.1) is 52.8 Å². The van der Waals surface area contributed by atoms with E-state index in [1.54, 1.807) is 71.4 Å². The smallest absolute Gasteiger partial charge is 0.264 e. The van der Waals surface area contributed by atoms with Gasteiger partial charge in [0.25, 0.3) is 20.0 Å². The number of aryl methyl sites for hydroxylation is 2. The highest BCUT2D eigenvalue weighted by molar-refractivity contribution is 7.93. The third kappa shape index (κ3) is 7.36. The van der Waals surface area contributed by atoms with Gasteiger partial charge in [0.1, 0.15) is 11.5 Å². The highest BCUT2D eigenvalue weighted by Crippen LogP contribution is 2.64. The standard InChI is InChI=1S/C44H40N2O6S2.CH2Cl2/c1-29-13-25-35(26-14-29)53(47,48)45-39-11-7-5-9-37(39)41(43(45)31-17-21-33(51-3)22-18-31)42-38-10-6-8-12-40(38)46(44(42)32-19-23-34(52-4)24-20-32)54(49,50)36-27-15-30(2)16-28-36;2-1-3/h5-28,41-44H,1-4H3;1H2/t41-,42-,43-,44-;/m0./s1. The number of nitrogens with zero attached hydrogens (tertiary/aromatic N) is 2. The Morgan fingerprint density at radius 2 is 0.807 bits per heavy atom. The van der Waals surface area contributed by atoms with Crippen molar-refractivity contribution in [3.63, 3.8) is 0 Å². The summed E-state index contributed by atoms with van der Waals surface area (Å²) >= 11 is 9.53. The summed E-state index contributed by atoms with van der Waals surface area (Å²) in [4.78, 5) is 0.341. The lowest BCUT2D eigenvalue weighted by Gasteiger charge is -2.37. The maximum absolute atomic E-state index is 15.1. The van der Waals surface area contributed by atoms with E-state index in [0.717, 1.165) is 33.4 Å². The summed E-state index contributed by atoms with van der Waals surface area (Å²) in [6, 6.07) is 42.4. The molecular weight excluding hydrogens is 800 g/mol. The molecule has 0 aromatic heterocycles. The molecule has 2 heterocycles. The summed E-state index contributed by atoms with van der Waals surface area (Å²) in [5.74, 6) is 0.190. The van der Waals surface area contributed by atoms with Crippen LogP contribution in [0.25, 0.3) is 0 Å². The largest absolute Gasteiger partial charge is 0.497 e. The van der Waals surface area contributed by atoms with E-state index < -0.39 is 44.0 Å². The van der Waals surface area contributed by atoms with Crippen molar-refractivity contribution in [2.45, 2.75) is 47.6 Å². The second-order valence-corrected chi connectivity index (χ2v) is 18.4. The Hall–Kier alpha value is -5.00. The van der Waals surface area contributed by atoms with Crippen LogP contribution < -0.4 is 18.1 Å². The summed E-state index contributed by atoms with van der Waals surface area (Å²) in [6.07, 6.45) is 0. The van der Waals surface area contributed by atoms with Crippen molar-refractivity contribution in [3.05, 3.63) is 179 Å². The Labute approximate surface area is 345 Å². The number of rotatable bonds is 9. The second kappa shape index (κ2) is 16.5. The van der Waals surface area contributed by atoms with Crippen LogP contribution in [0.15, 0.2) is 155 Å². The third-order valence-electron chi connectivity index (χ3n) is 10.7. The average molecular weight is 842 g/mol. The topological polar surface area (TPSA) is 93.2 Å². The Morgan fingerprint density at radius 1 is 0.491 bits per heavy atom. The lowest BCUT2D eigenvalue weighted by molar-refractivity contribution is 0.412. The number of methoxy groups -OCH3 is 2. The number of fused-ring (bicyclic) bond motifs is 2.